The minimum absolute atomic E-state index is 0.113. The van der Waals surface area contributed by atoms with Crippen molar-refractivity contribution < 1.29 is 0 Å². The van der Waals surface area contributed by atoms with Crippen molar-refractivity contribution >= 4 is 0 Å². The molecule has 1 atom stereocenters. The van der Waals surface area contributed by atoms with Gasteiger partial charge in [-0.15, -0.1) is 0 Å². The van der Waals surface area contributed by atoms with Crippen molar-refractivity contribution in [3.63, 3.8) is 0 Å². The monoisotopic (exact) mass is 256 g/mol. The normalized spacial score (nSPS) is 24.0. The van der Waals surface area contributed by atoms with Gasteiger partial charge in [-0.05, 0) is 57.7 Å². The first-order valence-electron chi connectivity index (χ1n) is 7.39. The Hall–Kier alpha value is -1.33. The molecule has 0 N–H and O–H groups in total. The van der Waals surface area contributed by atoms with Crippen LogP contribution in [0.1, 0.15) is 38.2 Å². The maximum absolute atomic E-state index is 9.21. The van der Waals surface area contributed by atoms with Crippen molar-refractivity contribution in [3.05, 3.63) is 35.9 Å². The molecule has 0 saturated carbocycles. The Morgan fingerprint density at radius 3 is 2.79 bits per heavy atom. The summed E-state index contributed by atoms with van der Waals surface area (Å²) in [7, 11) is 0. The van der Waals surface area contributed by atoms with Gasteiger partial charge in [0.2, 0.25) is 0 Å². The van der Waals surface area contributed by atoms with Gasteiger partial charge in [0.25, 0.3) is 0 Å². The number of benzene rings is 1. The van der Waals surface area contributed by atoms with E-state index in [-0.39, 0.29) is 5.41 Å². The molecule has 2 rings (SSSR count). The lowest BCUT2D eigenvalue weighted by Crippen LogP contribution is -2.41. The summed E-state index contributed by atoms with van der Waals surface area (Å²) in [5, 5.41) is 9.21. The molecule has 0 aliphatic carbocycles. The molecule has 2 nitrogen and oxygen atoms in total. The van der Waals surface area contributed by atoms with Crippen molar-refractivity contribution in [1.82, 2.24) is 4.90 Å². The zero-order valence-electron chi connectivity index (χ0n) is 11.9. The van der Waals surface area contributed by atoms with Gasteiger partial charge < -0.3 is 4.90 Å². The van der Waals surface area contributed by atoms with Crippen LogP contribution in [0.4, 0.5) is 0 Å². The van der Waals surface area contributed by atoms with E-state index in [4.69, 9.17) is 0 Å². The summed E-state index contributed by atoms with van der Waals surface area (Å²) in [6, 6.07) is 13.2. The minimum Gasteiger partial charge on any atom is -0.302 e. The van der Waals surface area contributed by atoms with Gasteiger partial charge in [0.1, 0.15) is 0 Å². The van der Waals surface area contributed by atoms with E-state index in [0.29, 0.717) is 0 Å². The molecule has 1 aliphatic heterocycles. The fourth-order valence-electron chi connectivity index (χ4n) is 2.94. The molecule has 0 radical (unpaired) electrons. The van der Waals surface area contributed by atoms with E-state index in [1.807, 2.05) is 0 Å². The summed E-state index contributed by atoms with van der Waals surface area (Å²) < 4.78 is 0. The quantitative estimate of drug-likeness (QED) is 0.752. The second-order valence-corrected chi connectivity index (χ2v) is 5.99. The number of nitriles is 1. The van der Waals surface area contributed by atoms with E-state index in [9.17, 15) is 5.26 Å². The predicted octanol–water partition coefficient (Wildman–Crippen LogP) is 3.63. The highest BCUT2D eigenvalue weighted by atomic mass is 15.1. The van der Waals surface area contributed by atoms with E-state index in [2.05, 4.69) is 48.2 Å². The Labute approximate surface area is 117 Å². The third kappa shape index (κ3) is 4.36. The van der Waals surface area contributed by atoms with E-state index >= 15 is 0 Å². The third-order valence-corrected chi connectivity index (χ3v) is 4.08. The first-order valence-corrected chi connectivity index (χ1v) is 7.39. The summed E-state index contributed by atoms with van der Waals surface area (Å²) in [6.45, 7) is 5.37. The second kappa shape index (κ2) is 6.73. The van der Waals surface area contributed by atoms with Crippen LogP contribution in [0.2, 0.25) is 0 Å². The molecule has 102 valence electrons. The number of hydrogen-bond acceptors (Lipinski definition) is 2. The van der Waals surface area contributed by atoms with Gasteiger partial charge in [0.05, 0.1) is 11.5 Å². The number of nitrogens with zero attached hydrogens (tertiary/aromatic N) is 2. The number of unbranched alkanes of at least 4 members (excludes halogenated alkanes) is 1. The van der Waals surface area contributed by atoms with E-state index < -0.39 is 0 Å². The molecule has 0 bridgehead atoms. The first kappa shape index (κ1) is 14.1. The number of aryl methyl sites for hydroxylation is 1. The van der Waals surface area contributed by atoms with E-state index in [1.165, 1.54) is 37.8 Å². The molecule has 1 aromatic carbocycles. The van der Waals surface area contributed by atoms with E-state index in [0.717, 1.165) is 19.5 Å². The van der Waals surface area contributed by atoms with Gasteiger partial charge in [-0.25, -0.2) is 0 Å². The van der Waals surface area contributed by atoms with Crippen LogP contribution in [0.3, 0.4) is 0 Å². The van der Waals surface area contributed by atoms with Crippen molar-refractivity contribution in [3.8, 4) is 6.07 Å². The van der Waals surface area contributed by atoms with Gasteiger partial charge in [-0.1, -0.05) is 30.3 Å². The minimum atomic E-state index is -0.113. The van der Waals surface area contributed by atoms with E-state index in [1.54, 1.807) is 0 Å². The lowest BCUT2D eigenvalue weighted by atomic mass is 9.83. The fourth-order valence-corrected chi connectivity index (χ4v) is 2.94. The second-order valence-electron chi connectivity index (χ2n) is 5.99. The summed E-state index contributed by atoms with van der Waals surface area (Å²) in [6.07, 6.45) is 5.87. The van der Waals surface area contributed by atoms with Gasteiger partial charge in [-0.2, -0.15) is 5.26 Å². The molecule has 1 aliphatic rings. The van der Waals surface area contributed by atoms with Crippen molar-refractivity contribution in [2.75, 3.05) is 19.6 Å². The van der Waals surface area contributed by atoms with Crippen LogP contribution in [0.5, 0.6) is 0 Å². The highest BCUT2D eigenvalue weighted by molar-refractivity contribution is 5.14. The molecule has 2 heteroatoms. The number of piperidine rings is 1. The van der Waals surface area contributed by atoms with Crippen LogP contribution in [0.25, 0.3) is 0 Å². The topological polar surface area (TPSA) is 27.0 Å². The number of likely N-dealkylation sites (tertiary alicyclic amines) is 1. The lowest BCUT2D eigenvalue weighted by molar-refractivity contribution is 0.141. The van der Waals surface area contributed by atoms with Crippen molar-refractivity contribution in [2.24, 2.45) is 5.41 Å². The maximum atomic E-state index is 9.21. The lowest BCUT2D eigenvalue weighted by Gasteiger charge is -2.35. The van der Waals surface area contributed by atoms with Gasteiger partial charge >= 0.3 is 0 Å². The van der Waals surface area contributed by atoms with Crippen molar-refractivity contribution in [1.29, 1.82) is 5.26 Å². The Bertz CT molecular complexity index is 421. The zero-order chi connectivity index (χ0) is 13.6. The van der Waals surface area contributed by atoms with Crippen LogP contribution >= 0.6 is 0 Å². The smallest absolute Gasteiger partial charge is 0.0700 e. The zero-order valence-corrected chi connectivity index (χ0v) is 11.9. The molecule has 0 spiro atoms. The highest BCUT2D eigenvalue weighted by Gasteiger charge is 2.30. The average Bonchev–Trinajstić information content (AvgIpc) is 2.45. The molecule has 0 aromatic heterocycles. The summed E-state index contributed by atoms with van der Waals surface area (Å²) in [5.41, 5.74) is 1.32. The van der Waals surface area contributed by atoms with Crippen LogP contribution in [-0.4, -0.2) is 24.5 Å². The van der Waals surface area contributed by atoms with Crippen LogP contribution in [0, 0.1) is 16.7 Å². The molecule has 1 aromatic rings. The molecule has 19 heavy (non-hydrogen) atoms. The Kier molecular flexibility index (Phi) is 4.99. The number of hydrogen-bond donors (Lipinski definition) is 0. The third-order valence-electron chi connectivity index (χ3n) is 4.08. The predicted molar refractivity (Wildman–Crippen MR) is 78.8 cm³/mol. The molecular formula is C17H24N2. The summed E-state index contributed by atoms with van der Waals surface area (Å²) in [5.74, 6) is 0. The first-order chi connectivity index (χ1) is 9.22. The Morgan fingerprint density at radius 2 is 2.05 bits per heavy atom. The van der Waals surface area contributed by atoms with Crippen LogP contribution < -0.4 is 0 Å². The maximum Gasteiger partial charge on any atom is 0.0700 e. The average molecular weight is 256 g/mol. The Morgan fingerprint density at radius 1 is 1.26 bits per heavy atom. The molecule has 0 amide bonds. The van der Waals surface area contributed by atoms with Crippen LogP contribution in [0.15, 0.2) is 30.3 Å². The van der Waals surface area contributed by atoms with Gasteiger partial charge in [0.15, 0.2) is 0 Å². The molecule has 1 unspecified atom stereocenters. The number of rotatable bonds is 5. The molecule has 1 fully saturated rings. The molecule has 1 heterocycles. The summed E-state index contributed by atoms with van der Waals surface area (Å²) in [4.78, 5) is 2.47. The Balaban J connectivity index is 1.67. The summed E-state index contributed by atoms with van der Waals surface area (Å²) >= 11 is 0. The van der Waals surface area contributed by atoms with Gasteiger partial charge in [-0.3, -0.25) is 0 Å². The van der Waals surface area contributed by atoms with Crippen molar-refractivity contribution in [2.45, 2.75) is 39.0 Å². The fraction of sp³-hybridized carbons (Fsp3) is 0.588. The van der Waals surface area contributed by atoms with Gasteiger partial charge in [0, 0.05) is 6.54 Å². The standard InChI is InChI=1S/C17H24N2/c1-17(14-18)11-7-13-19(15-17)12-6-5-10-16-8-3-2-4-9-16/h2-4,8-9H,5-7,10-13,15H2,1H3. The highest BCUT2D eigenvalue weighted by Crippen LogP contribution is 2.28. The largest absolute Gasteiger partial charge is 0.302 e. The molecule has 1 saturated heterocycles. The SMILES string of the molecule is CC1(C#N)CCCN(CCCCc2ccccc2)C1. The van der Waals surface area contributed by atoms with Crippen LogP contribution in [-0.2, 0) is 6.42 Å². The molecular weight excluding hydrogens is 232 g/mol.